The number of aliphatic hydroxyl groups is 4. The fraction of sp³-hybridized carbons (Fsp3) is 1.00. The van der Waals surface area contributed by atoms with Crippen LogP contribution in [0.1, 0.15) is 40.0 Å². The Kier molecular flexibility index (Phi) is 7.88. The first kappa shape index (κ1) is 23.3. The third kappa shape index (κ3) is 5.45. The predicted octanol–water partition coefficient (Wildman–Crippen LogP) is -0.748. The van der Waals surface area contributed by atoms with Crippen molar-refractivity contribution in [3.8, 4) is 0 Å². The summed E-state index contributed by atoms with van der Waals surface area (Å²) in [6.07, 6.45) is -7.62. The average molecular weight is 422 g/mol. The normalized spacial score (nSPS) is 51.7. The molecule has 0 bridgehead atoms. The molecule has 0 aromatic heterocycles. The summed E-state index contributed by atoms with van der Waals surface area (Å²) in [7, 11) is 1.52. The summed E-state index contributed by atoms with van der Waals surface area (Å²) < 4.78 is 34.0. The Morgan fingerprint density at radius 1 is 0.690 bits per heavy atom. The van der Waals surface area contributed by atoms with Gasteiger partial charge in [-0.05, 0) is 20.8 Å². The Hall–Kier alpha value is -0.400. The molecule has 4 N–H and O–H groups in total. The maximum absolute atomic E-state index is 10.6. The molecule has 3 rings (SSSR count). The molecule has 0 radical (unpaired) electrons. The van der Waals surface area contributed by atoms with E-state index in [1.54, 1.807) is 20.8 Å². The van der Waals surface area contributed by atoms with E-state index in [1.807, 2.05) is 0 Å². The van der Waals surface area contributed by atoms with Crippen molar-refractivity contribution in [2.24, 2.45) is 0 Å². The molecule has 0 spiro atoms. The molecule has 0 saturated carbocycles. The summed E-state index contributed by atoms with van der Waals surface area (Å²) in [6.45, 7) is 5.20. The number of hydrogen-bond acceptors (Lipinski definition) is 10. The zero-order valence-corrected chi connectivity index (χ0v) is 17.3. The van der Waals surface area contributed by atoms with Crippen LogP contribution in [0, 0.1) is 0 Å². The van der Waals surface area contributed by atoms with Crippen LogP contribution in [0.5, 0.6) is 0 Å². The van der Waals surface area contributed by atoms with Gasteiger partial charge in [0.25, 0.3) is 0 Å². The largest absolute Gasteiger partial charge is 0.390 e. The molecule has 0 aromatic rings. The van der Waals surface area contributed by atoms with Crippen molar-refractivity contribution >= 4 is 0 Å². The first-order chi connectivity index (χ1) is 13.7. The molecule has 10 heteroatoms. The number of aliphatic hydroxyl groups excluding tert-OH is 4. The van der Waals surface area contributed by atoms with Gasteiger partial charge in [-0.1, -0.05) is 0 Å². The second-order valence-corrected chi connectivity index (χ2v) is 8.15. The van der Waals surface area contributed by atoms with Crippen LogP contribution < -0.4 is 0 Å². The van der Waals surface area contributed by atoms with E-state index in [2.05, 4.69) is 0 Å². The van der Waals surface area contributed by atoms with Gasteiger partial charge in [0, 0.05) is 26.4 Å². The Labute approximate surface area is 170 Å². The predicted molar refractivity (Wildman–Crippen MR) is 97.6 cm³/mol. The van der Waals surface area contributed by atoms with Crippen molar-refractivity contribution in [1.29, 1.82) is 0 Å². The molecule has 170 valence electrons. The maximum Gasteiger partial charge on any atom is 0.161 e. The van der Waals surface area contributed by atoms with Gasteiger partial charge in [-0.15, -0.1) is 0 Å². The van der Waals surface area contributed by atoms with E-state index in [1.165, 1.54) is 7.11 Å². The van der Waals surface area contributed by atoms with Crippen LogP contribution >= 0.6 is 0 Å². The molecule has 3 saturated heterocycles. The standard InChI is InChI=1S/C19H34O10/c1-8-17(23)13(24-4)7-16(26-8)29-19-10(3)27-15(6-12(19)21)28-18-9(2)25-14(22)5-11(18)20/h8-23H,5-7H2,1-4H3/t8-,9-,10-,11+,12+,13+,14?,15+,16+,17-,18-,19-/m1/s1. The maximum atomic E-state index is 10.6. The number of rotatable bonds is 5. The van der Waals surface area contributed by atoms with Gasteiger partial charge in [0.05, 0.1) is 36.6 Å². The van der Waals surface area contributed by atoms with Gasteiger partial charge in [-0.25, -0.2) is 0 Å². The fourth-order valence-electron chi connectivity index (χ4n) is 4.22. The SMILES string of the molecule is CO[C@H]1C[C@H](O[C@H]2[C@@H](O)C[C@H](O[C@H]3[C@@H](O)CC(O)O[C@@H]3C)O[C@@H]2C)O[C@H](C)[C@H]1O. The van der Waals surface area contributed by atoms with Crippen molar-refractivity contribution in [1.82, 2.24) is 0 Å². The van der Waals surface area contributed by atoms with Crippen molar-refractivity contribution in [2.45, 2.75) is 114 Å². The van der Waals surface area contributed by atoms with E-state index in [-0.39, 0.29) is 12.8 Å². The first-order valence-electron chi connectivity index (χ1n) is 10.2. The van der Waals surface area contributed by atoms with E-state index < -0.39 is 73.8 Å². The van der Waals surface area contributed by atoms with Crippen LogP contribution in [-0.2, 0) is 28.4 Å². The Balaban J connectivity index is 1.55. The lowest BCUT2D eigenvalue weighted by molar-refractivity contribution is -0.332. The van der Waals surface area contributed by atoms with Gasteiger partial charge in [0.1, 0.15) is 18.3 Å². The van der Waals surface area contributed by atoms with Crippen LogP contribution in [0.4, 0.5) is 0 Å². The summed E-state index contributed by atoms with van der Waals surface area (Å²) in [5.41, 5.74) is 0. The first-order valence-corrected chi connectivity index (χ1v) is 10.2. The quantitative estimate of drug-likeness (QED) is 0.448. The minimum atomic E-state index is -1.03. The molecule has 12 atom stereocenters. The number of ether oxygens (including phenoxy) is 6. The molecule has 0 aromatic carbocycles. The lowest BCUT2D eigenvalue weighted by Gasteiger charge is -2.44. The van der Waals surface area contributed by atoms with Gasteiger partial charge in [0.15, 0.2) is 18.9 Å². The minimum absolute atomic E-state index is 0.0509. The molecular weight excluding hydrogens is 388 g/mol. The van der Waals surface area contributed by atoms with Gasteiger partial charge in [0.2, 0.25) is 0 Å². The van der Waals surface area contributed by atoms with Crippen molar-refractivity contribution in [3.05, 3.63) is 0 Å². The second kappa shape index (κ2) is 9.82. The zero-order valence-electron chi connectivity index (χ0n) is 17.3. The highest BCUT2D eigenvalue weighted by molar-refractivity contribution is 4.87. The highest BCUT2D eigenvalue weighted by Gasteiger charge is 2.44. The third-order valence-electron chi connectivity index (χ3n) is 5.87. The topological polar surface area (TPSA) is 136 Å². The molecule has 3 fully saturated rings. The molecule has 0 amide bonds. The number of methoxy groups -OCH3 is 1. The summed E-state index contributed by atoms with van der Waals surface area (Å²) in [4.78, 5) is 0. The monoisotopic (exact) mass is 422 g/mol. The van der Waals surface area contributed by atoms with Crippen LogP contribution in [0.25, 0.3) is 0 Å². The van der Waals surface area contributed by atoms with Crippen molar-refractivity contribution in [2.75, 3.05) is 7.11 Å². The van der Waals surface area contributed by atoms with Gasteiger partial charge in [-0.3, -0.25) is 0 Å². The van der Waals surface area contributed by atoms with E-state index in [9.17, 15) is 20.4 Å². The highest BCUT2D eigenvalue weighted by Crippen LogP contribution is 2.31. The highest BCUT2D eigenvalue weighted by atomic mass is 16.7. The lowest BCUT2D eigenvalue weighted by Crippen LogP contribution is -2.56. The second-order valence-electron chi connectivity index (χ2n) is 8.15. The Morgan fingerprint density at radius 3 is 1.76 bits per heavy atom. The molecule has 1 unspecified atom stereocenters. The van der Waals surface area contributed by atoms with Crippen LogP contribution in [0.3, 0.4) is 0 Å². The average Bonchev–Trinajstić information content (AvgIpc) is 2.64. The van der Waals surface area contributed by atoms with Crippen LogP contribution in [0.15, 0.2) is 0 Å². The zero-order chi connectivity index (χ0) is 21.3. The lowest BCUT2D eigenvalue weighted by atomic mass is 9.99. The van der Waals surface area contributed by atoms with Crippen molar-refractivity contribution in [3.63, 3.8) is 0 Å². The van der Waals surface area contributed by atoms with E-state index in [0.29, 0.717) is 6.42 Å². The third-order valence-corrected chi connectivity index (χ3v) is 5.87. The molecule has 3 heterocycles. The van der Waals surface area contributed by atoms with E-state index in [0.717, 1.165) is 0 Å². The molecular formula is C19H34O10. The van der Waals surface area contributed by atoms with E-state index >= 15 is 0 Å². The number of hydrogen-bond donors (Lipinski definition) is 4. The minimum Gasteiger partial charge on any atom is -0.390 e. The summed E-state index contributed by atoms with van der Waals surface area (Å²) in [5.74, 6) is 0. The van der Waals surface area contributed by atoms with Crippen LogP contribution in [0.2, 0.25) is 0 Å². The van der Waals surface area contributed by atoms with Crippen LogP contribution in [-0.4, -0.2) is 101 Å². The smallest absolute Gasteiger partial charge is 0.161 e. The summed E-state index contributed by atoms with van der Waals surface area (Å²) in [6, 6.07) is 0. The molecule has 3 aliphatic heterocycles. The van der Waals surface area contributed by atoms with Crippen molar-refractivity contribution < 1.29 is 48.8 Å². The Morgan fingerprint density at radius 2 is 1.21 bits per heavy atom. The molecule has 29 heavy (non-hydrogen) atoms. The molecule has 10 nitrogen and oxygen atoms in total. The summed E-state index contributed by atoms with van der Waals surface area (Å²) >= 11 is 0. The van der Waals surface area contributed by atoms with Gasteiger partial charge in [-0.2, -0.15) is 0 Å². The fourth-order valence-corrected chi connectivity index (χ4v) is 4.22. The molecule has 3 aliphatic rings. The summed E-state index contributed by atoms with van der Waals surface area (Å²) in [5, 5.41) is 40.4. The van der Waals surface area contributed by atoms with Gasteiger partial charge < -0.3 is 48.8 Å². The Bertz CT molecular complexity index is 497. The molecule has 0 aliphatic carbocycles. The van der Waals surface area contributed by atoms with E-state index in [4.69, 9.17) is 28.4 Å². The van der Waals surface area contributed by atoms with Gasteiger partial charge >= 0.3 is 0 Å².